The van der Waals surface area contributed by atoms with Crippen molar-refractivity contribution in [1.82, 2.24) is 0 Å². The second kappa shape index (κ2) is 8.56. The summed E-state index contributed by atoms with van der Waals surface area (Å²) in [6.45, 7) is 7.11. The van der Waals surface area contributed by atoms with Gasteiger partial charge in [0.05, 0.1) is 0 Å². The summed E-state index contributed by atoms with van der Waals surface area (Å²) >= 11 is 0. The van der Waals surface area contributed by atoms with Gasteiger partial charge < -0.3 is 21.8 Å². The van der Waals surface area contributed by atoms with Gasteiger partial charge in [0.25, 0.3) is 0 Å². The van der Waals surface area contributed by atoms with Crippen molar-refractivity contribution in [2.45, 2.75) is 26.3 Å². The van der Waals surface area contributed by atoms with E-state index in [1.807, 2.05) is 6.92 Å². The number of carbonyl (C=O) groups excluding carboxylic acids is 1. The Morgan fingerprint density at radius 1 is 1.22 bits per heavy atom. The molecule has 0 aromatic rings. The summed E-state index contributed by atoms with van der Waals surface area (Å²) in [6, 6.07) is 0.657. The monoisotopic (exact) mass is 294 g/mol. The fourth-order valence-electron chi connectivity index (χ4n) is 1.15. The quantitative estimate of drug-likeness (QED) is 0.469. The SMILES string of the molecule is C=C(C)C(=O)O[SiH](CCC)O[Si](OC)(OC)OC. The zero-order valence-electron chi connectivity index (χ0n) is 11.6. The third-order valence-corrected chi connectivity index (χ3v) is 7.37. The summed E-state index contributed by atoms with van der Waals surface area (Å²) in [5.74, 6) is -0.452. The largest absolute Gasteiger partial charge is 0.670 e. The molecule has 0 rings (SSSR count). The van der Waals surface area contributed by atoms with E-state index >= 15 is 0 Å². The van der Waals surface area contributed by atoms with Crippen LogP contribution in [0.25, 0.3) is 0 Å². The van der Waals surface area contributed by atoms with E-state index in [4.69, 9.17) is 21.8 Å². The van der Waals surface area contributed by atoms with Gasteiger partial charge in [-0.3, -0.25) is 0 Å². The summed E-state index contributed by atoms with van der Waals surface area (Å²) < 4.78 is 26.4. The molecule has 1 unspecified atom stereocenters. The van der Waals surface area contributed by atoms with Crippen LogP contribution in [0.5, 0.6) is 0 Å². The lowest BCUT2D eigenvalue weighted by Crippen LogP contribution is -2.51. The molecule has 0 aromatic carbocycles. The first-order valence-corrected chi connectivity index (χ1v) is 9.03. The first kappa shape index (κ1) is 17.5. The number of carbonyl (C=O) groups is 1. The second-order valence-corrected chi connectivity index (χ2v) is 8.47. The molecule has 0 bridgehead atoms. The van der Waals surface area contributed by atoms with Crippen LogP contribution in [0.3, 0.4) is 0 Å². The van der Waals surface area contributed by atoms with Gasteiger partial charge in [-0.1, -0.05) is 19.9 Å². The molecule has 0 aromatic heterocycles. The molecule has 0 N–H and O–H groups in total. The minimum absolute atomic E-state index is 0.340. The maximum Gasteiger partial charge on any atom is 0.670 e. The molecule has 8 heteroatoms. The van der Waals surface area contributed by atoms with Crippen molar-refractivity contribution >= 4 is 24.3 Å². The van der Waals surface area contributed by atoms with Crippen LogP contribution >= 0.6 is 0 Å². The Morgan fingerprint density at radius 2 is 1.72 bits per heavy atom. The lowest BCUT2D eigenvalue weighted by Gasteiger charge is -2.27. The highest BCUT2D eigenvalue weighted by molar-refractivity contribution is 6.65. The molecule has 0 saturated carbocycles. The average Bonchev–Trinajstić information content (AvgIpc) is 2.36. The van der Waals surface area contributed by atoms with Crippen LogP contribution in [0.4, 0.5) is 0 Å². The second-order valence-electron chi connectivity index (χ2n) is 3.63. The van der Waals surface area contributed by atoms with Crippen molar-refractivity contribution < 1.29 is 26.6 Å². The zero-order chi connectivity index (χ0) is 14.2. The maximum absolute atomic E-state index is 11.5. The molecule has 0 heterocycles. The summed E-state index contributed by atoms with van der Waals surface area (Å²) in [5.41, 5.74) is 0.340. The van der Waals surface area contributed by atoms with Crippen LogP contribution < -0.4 is 0 Å². The predicted octanol–water partition coefficient (Wildman–Crippen LogP) is 1.13. The summed E-state index contributed by atoms with van der Waals surface area (Å²) in [6.07, 6.45) is 0.835. The molecule has 0 aliphatic carbocycles. The molecule has 0 fully saturated rings. The molecule has 6 nitrogen and oxygen atoms in total. The van der Waals surface area contributed by atoms with Crippen LogP contribution in [0.2, 0.25) is 6.04 Å². The third kappa shape index (κ3) is 5.42. The average molecular weight is 294 g/mol. The van der Waals surface area contributed by atoms with Crippen LogP contribution in [0.1, 0.15) is 20.3 Å². The molecule has 0 amide bonds. The summed E-state index contributed by atoms with van der Waals surface area (Å²) in [4.78, 5) is 11.5. The van der Waals surface area contributed by atoms with Crippen molar-refractivity contribution in [3.63, 3.8) is 0 Å². The fraction of sp³-hybridized carbons (Fsp3) is 0.700. The van der Waals surface area contributed by atoms with Crippen LogP contribution in [-0.4, -0.2) is 45.6 Å². The summed E-state index contributed by atoms with van der Waals surface area (Å²) in [7, 11) is -1.09. The third-order valence-electron chi connectivity index (χ3n) is 2.14. The van der Waals surface area contributed by atoms with E-state index in [0.717, 1.165) is 6.42 Å². The lowest BCUT2D eigenvalue weighted by molar-refractivity contribution is -0.131. The maximum atomic E-state index is 11.5. The van der Waals surface area contributed by atoms with Gasteiger partial charge in [-0.15, -0.1) is 0 Å². The highest BCUT2D eigenvalue weighted by atomic mass is 28.5. The van der Waals surface area contributed by atoms with Crippen LogP contribution in [-0.2, 0) is 26.6 Å². The first-order valence-electron chi connectivity index (χ1n) is 5.64. The Morgan fingerprint density at radius 3 is 2.06 bits per heavy atom. The molecule has 0 aliphatic rings. The molecule has 18 heavy (non-hydrogen) atoms. The Bertz CT molecular complexity index is 271. The molecule has 0 radical (unpaired) electrons. The van der Waals surface area contributed by atoms with Gasteiger partial charge >= 0.3 is 24.3 Å². The van der Waals surface area contributed by atoms with Crippen molar-refractivity contribution in [2.24, 2.45) is 0 Å². The number of hydrogen-bond donors (Lipinski definition) is 0. The minimum atomic E-state index is -3.16. The standard InChI is InChI=1S/C10H22O6Si2/c1-7-8-17(15-10(11)9(2)3)16-18(12-4,13-5)14-6/h17H,2,7-8H2,1,3-6H3. The Labute approximate surface area is 111 Å². The molecule has 0 saturated heterocycles. The number of rotatable bonds is 9. The van der Waals surface area contributed by atoms with Gasteiger partial charge in [-0.2, -0.15) is 0 Å². The minimum Gasteiger partial charge on any atom is -0.494 e. The molecule has 0 spiro atoms. The number of hydrogen-bond acceptors (Lipinski definition) is 6. The Kier molecular flexibility index (Phi) is 8.32. The normalized spacial score (nSPS) is 13.2. The zero-order valence-corrected chi connectivity index (χ0v) is 13.8. The van der Waals surface area contributed by atoms with Gasteiger partial charge in [0.15, 0.2) is 0 Å². The van der Waals surface area contributed by atoms with E-state index < -0.39 is 24.3 Å². The van der Waals surface area contributed by atoms with E-state index in [1.54, 1.807) is 6.92 Å². The van der Waals surface area contributed by atoms with Crippen LogP contribution in [0.15, 0.2) is 12.2 Å². The van der Waals surface area contributed by atoms with E-state index in [1.165, 1.54) is 21.3 Å². The Hall–Kier alpha value is -0.516. The summed E-state index contributed by atoms with van der Waals surface area (Å²) in [5, 5.41) is 0. The first-order chi connectivity index (χ1) is 8.44. The van der Waals surface area contributed by atoms with E-state index in [2.05, 4.69) is 6.58 Å². The van der Waals surface area contributed by atoms with Crippen LogP contribution in [0, 0.1) is 0 Å². The molecule has 1 atom stereocenters. The predicted molar refractivity (Wildman–Crippen MR) is 71.0 cm³/mol. The van der Waals surface area contributed by atoms with Gasteiger partial charge in [-0.05, 0) is 13.0 Å². The van der Waals surface area contributed by atoms with Crippen molar-refractivity contribution in [3.8, 4) is 0 Å². The van der Waals surface area contributed by atoms with Gasteiger partial charge in [0.1, 0.15) is 0 Å². The van der Waals surface area contributed by atoms with Gasteiger partial charge in [0, 0.05) is 26.9 Å². The van der Waals surface area contributed by atoms with Gasteiger partial charge in [0.2, 0.25) is 0 Å². The van der Waals surface area contributed by atoms with Crippen molar-refractivity contribution in [1.29, 1.82) is 0 Å². The van der Waals surface area contributed by atoms with E-state index in [0.29, 0.717) is 11.6 Å². The molecular formula is C10H22O6Si2. The lowest BCUT2D eigenvalue weighted by atomic mass is 10.4. The topological polar surface area (TPSA) is 63.2 Å². The van der Waals surface area contributed by atoms with E-state index in [9.17, 15) is 4.79 Å². The highest BCUT2D eigenvalue weighted by Crippen LogP contribution is 2.14. The highest BCUT2D eigenvalue weighted by Gasteiger charge is 2.45. The van der Waals surface area contributed by atoms with Crippen molar-refractivity contribution in [3.05, 3.63) is 12.2 Å². The smallest absolute Gasteiger partial charge is 0.494 e. The molecule has 0 aliphatic heterocycles. The molecular weight excluding hydrogens is 272 g/mol. The van der Waals surface area contributed by atoms with E-state index in [-0.39, 0.29) is 0 Å². The Balaban J connectivity index is 4.69. The fourth-order valence-corrected chi connectivity index (χ4v) is 5.79. The van der Waals surface area contributed by atoms with Gasteiger partial charge in [-0.25, -0.2) is 4.79 Å². The molecule has 106 valence electrons. The van der Waals surface area contributed by atoms with Crippen molar-refractivity contribution in [2.75, 3.05) is 21.3 Å².